The molecule has 1 aromatic carbocycles. The standard InChI is InChI=1S/C18H27ClN4O4/c19-13-9-7-5-3-1-2-4-6-8-10-14-20-21-17-12-11-16(22(24)25)15-18(17)23(26)27/h11-12,14-15,21H,1-10,13H2/b20-14+. The first-order valence-corrected chi connectivity index (χ1v) is 9.86. The molecule has 0 atom stereocenters. The molecule has 27 heavy (non-hydrogen) atoms. The average molecular weight is 399 g/mol. The van der Waals surface area contributed by atoms with Gasteiger partial charge in [0.05, 0.1) is 15.9 Å². The van der Waals surface area contributed by atoms with E-state index < -0.39 is 9.85 Å². The number of halogens is 1. The number of nitro benzene ring substituents is 2. The van der Waals surface area contributed by atoms with Crippen molar-refractivity contribution in [2.24, 2.45) is 5.10 Å². The highest BCUT2D eigenvalue weighted by molar-refractivity contribution is 6.17. The van der Waals surface area contributed by atoms with Crippen molar-refractivity contribution in [3.05, 3.63) is 38.4 Å². The number of alkyl halides is 1. The van der Waals surface area contributed by atoms with E-state index in [0.717, 1.165) is 37.6 Å². The fourth-order valence-electron chi connectivity index (χ4n) is 2.63. The predicted molar refractivity (Wildman–Crippen MR) is 109 cm³/mol. The van der Waals surface area contributed by atoms with E-state index in [9.17, 15) is 20.2 Å². The van der Waals surface area contributed by atoms with Crippen molar-refractivity contribution in [2.45, 2.75) is 64.2 Å². The normalized spacial score (nSPS) is 11.0. The van der Waals surface area contributed by atoms with Crippen LogP contribution in [0.15, 0.2) is 23.3 Å². The van der Waals surface area contributed by atoms with E-state index in [2.05, 4.69) is 10.5 Å². The van der Waals surface area contributed by atoms with Gasteiger partial charge in [0.25, 0.3) is 5.69 Å². The van der Waals surface area contributed by atoms with E-state index in [-0.39, 0.29) is 17.1 Å². The van der Waals surface area contributed by atoms with Crippen molar-refractivity contribution >= 4 is 34.9 Å². The quantitative estimate of drug-likeness (QED) is 0.127. The predicted octanol–water partition coefficient (Wildman–Crippen LogP) is 6.04. The second-order valence-corrected chi connectivity index (χ2v) is 6.68. The fourth-order valence-corrected chi connectivity index (χ4v) is 2.82. The van der Waals surface area contributed by atoms with Crippen molar-refractivity contribution in [1.82, 2.24) is 0 Å². The number of non-ortho nitro benzene ring substituents is 1. The van der Waals surface area contributed by atoms with Crippen molar-refractivity contribution in [1.29, 1.82) is 0 Å². The van der Waals surface area contributed by atoms with Crippen molar-refractivity contribution < 1.29 is 9.85 Å². The first-order valence-electron chi connectivity index (χ1n) is 9.32. The number of unbranched alkanes of at least 4 members (excludes halogenated alkanes) is 9. The molecule has 0 aliphatic heterocycles. The van der Waals surface area contributed by atoms with Gasteiger partial charge in [0, 0.05) is 18.2 Å². The SMILES string of the molecule is O=[N+]([O-])c1ccc(N/N=C/CCCCCCCCCCCCl)c([N+](=O)[O-])c1. The molecule has 0 saturated heterocycles. The lowest BCUT2D eigenvalue weighted by Crippen LogP contribution is -1.98. The van der Waals surface area contributed by atoms with E-state index in [4.69, 9.17) is 11.6 Å². The number of hydrazone groups is 1. The Morgan fingerprint density at radius 3 is 2.07 bits per heavy atom. The molecule has 0 aliphatic carbocycles. The maximum absolute atomic E-state index is 11.0. The summed E-state index contributed by atoms with van der Waals surface area (Å²) < 4.78 is 0. The molecule has 0 amide bonds. The van der Waals surface area contributed by atoms with Gasteiger partial charge in [0.15, 0.2) is 0 Å². The minimum atomic E-state index is -0.667. The third-order valence-corrected chi connectivity index (χ3v) is 4.40. The van der Waals surface area contributed by atoms with Crippen LogP contribution in [-0.2, 0) is 0 Å². The van der Waals surface area contributed by atoms with Crippen LogP contribution in [0.1, 0.15) is 64.2 Å². The Kier molecular flexibility index (Phi) is 11.8. The maximum Gasteiger partial charge on any atom is 0.301 e. The lowest BCUT2D eigenvalue weighted by molar-refractivity contribution is -0.393. The monoisotopic (exact) mass is 398 g/mol. The third kappa shape index (κ3) is 9.89. The van der Waals surface area contributed by atoms with Crippen LogP contribution in [-0.4, -0.2) is 21.9 Å². The molecule has 0 spiro atoms. The van der Waals surface area contributed by atoms with E-state index in [1.807, 2.05) is 0 Å². The summed E-state index contributed by atoms with van der Waals surface area (Å²) in [7, 11) is 0. The lowest BCUT2D eigenvalue weighted by Gasteiger charge is -2.02. The van der Waals surface area contributed by atoms with Gasteiger partial charge in [-0.05, 0) is 25.3 Å². The van der Waals surface area contributed by atoms with Crippen LogP contribution >= 0.6 is 11.6 Å². The highest BCUT2D eigenvalue weighted by Crippen LogP contribution is 2.28. The molecule has 1 rings (SSSR count). The van der Waals surface area contributed by atoms with Gasteiger partial charge >= 0.3 is 5.69 Å². The zero-order chi connectivity index (χ0) is 19.9. The second kappa shape index (κ2) is 13.9. The third-order valence-electron chi connectivity index (χ3n) is 4.13. The van der Waals surface area contributed by atoms with Gasteiger partial charge in [-0.25, -0.2) is 0 Å². The number of anilines is 1. The molecule has 0 bridgehead atoms. The van der Waals surface area contributed by atoms with Crippen LogP contribution in [0.25, 0.3) is 0 Å². The number of nitrogens with one attached hydrogen (secondary N) is 1. The Morgan fingerprint density at radius 1 is 0.926 bits per heavy atom. The van der Waals surface area contributed by atoms with Crippen molar-refractivity contribution in [3.8, 4) is 0 Å². The summed E-state index contributed by atoms with van der Waals surface area (Å²) >= 11 is 5.64. The summed E-state index contributed by atoms with van der Waals surface area (Å²) in [6.45, 7) is 0. The first kappa shape index (κ1) is 22.8. The van der Waals surface area contributed by atoms with Crippen molar-refractivity contribution in [2.75, 3.05) is 11.3 Å². The van der Waals surface area contributed by atoms with Crippen LogP contribution in [0.5, 0.6) is 0 Å². The Labute approximate surface area is 164 Å². The van der Waals surface area contributed by atoms with Gasteiger partial charge < -0.3 is 0 Å². The van der Waals surface area contributed by atoms with E-state index in [1.165, 1.54) is 50.7 Å². The van der Waals surface area contributed by atoms with Crippen LogP contribution in [0, 0.1) is 20.2 Å². The number of hydrogen-bond donors (Lipinski definition) is 1. The highest BCUT2D eigenvalue weighted by atomic mass is 35.5. The molecule has 0 heterocycles. The van der Waals surface area contributed by atoms with Gasteiger partial charge in [-0.15, -0.1) is 11.6 Å². The summed E-state index contributed by atoms with van der Waals surface area (Å²) in [5, 5.41) is 25.7. The maximum atomic E-state index is 11.0. The van der Waals surface area contributed by atoms with Gasteiger partial charge in [0.1, 0.15) is 5.69 Å². The van der Waals surface area contributed by atoms with Gasteiger partial charge in [0.2, 0.25) is 0 Å². The Bertz CT molecular complexity index is 625. The van der Waals surface area contributed by atoms with E-state index >= 15 is 0 Å². The molecule has 8 nitrogen and oxygen atoms in total. The number of nitro groups is 2. The second-order valence-electron chi connectivity index (χ2n) is 6.30. The molecule has 0 radical (unpaired) electrons. The number of nitrogens with zero attached hydrogens (tertiary/aromatic N) is 3. The van der Waals surface area contributed by atoms with Crippen LogP contribution in [0.3, 0.4) is 0 Å². The minimum absolute atomic E-state index is 0.135. The van der Waals surface area contributed by atoms with Gasteiger partial charge in [-0.2, -0.15) is 5.10 Å². The highest BCUT2D eigenvalue weighted by Gasteiger charge is 2.18. The Hall–Kier alpha value is -2.22. The first-order chi connectivity index (χ1) is 13.1. The zero-order valence-corrected chi connectivity index (χ0v) is 16.2. The van der Waals surface area contributed by atoms with Crippen LogP contribution in [0.4, 0.5) is 17.1 Å². The fraction of sp³-hybridized carbons (Fsp3) is 0.611. The molecular weight excluding hydrogens is 372 g/mol. The average Bonchev–Trinajstić information content (AvgIpc) is 2.65. The molecule has 0 unspecified atom stereocenters. The van der Waals surface area contributed by atoms with Gasteiger partial charge in [-0.1, -0.05) is 44.9 Å². The largest absolute Gasteiger partial charge is 0.301 e. The summed E-state index contributed by atoms with van der Waals surface area (Å²) in [6.07, 6.45) is 13.2. The molecule has 0 aliphatic rings. The minimum Gasteiger partial charge on any atom is -0.272 e. The number of rotatable bonds is 15. The smallest absolute Gasteiger partial charge is 0.272 e. The Balaban J connectivity index is 2.20. The summed E-state index contributed by atoms with van der Waals surface area (Å²) in [6, 6.07) is 3.43. The lowest BCUT2D eigenvalue weighted by atomic mass is 10.1. The number of benzene rings is 1. The summed E-state index contributed by atoms with van der Waals surface area (Å²) in [5.41, 5.74) is 2.04. The molecule has 0 saturated carbocycles. The molecule has 1 N–H and O–H groups in total. The molecule has 150 valence electrons. The number of hydrogen-bond acceptors (Lipinski definition) is 6. The van der Waals surface area contributed by atoms with Crippen LogP contribution < -0.4 is 5.43 Å². The Morgan fingerprint density at radius 2 is 1.52 bits per heavy atom. The zero-order valence-electron chi connectivity index (χ0n) is 15.4. The molecular formula is C18H27ClN4O4. The van der Waals surface area contributed by atoms with Gasteiger partial charge in [-0.3, -0.25) is 25.7 Å². The summed E-state index contributed by atoms with van der Waals surface area (Å²) in [5.74, 6) is 0.758. The molecule has 0 fully saturated rings. The molecule has 9 heteroatoms. The molecule has 0 aromatic heterocycles. The van der Waals surface area contributed by atoms with Crippen LogP contribution in [0.2, 0.25) is 0 Å². The van der Waals surface area contributed by atoms with E-state index in [0.29, 0.717) is 0 Å². The van der Waals surface area contributed by atoms with Crippen molar-refractivity contribution in [3.63, 3.8) is 0 Å². The summed E-state index contributed by atoms with van der Waals surface area (Å²) in [4.78, 5) is 20.4. The molecule has 1 aromatic rings. The van der Waals surface area contributed by atoms with E-state index in [1.54, 1.807) is 6.21 Å². The topological polar surface area (TPSA) is 111 Å².